The summed E-state index contributed by atoms with van der Waals surface area (Å²) < 4.78 is 52.6. The Morgan fingerprint density at radius 2 is 2.17 bits per heavy atom. The van der Waals surface area contributed by atoms with Crippen molar-refractivity contribution in [3.05, 3.63) is 63.7 Å². The van der Waals surface area contributed by atoms with E-state index in [1.807, 2.05) is 0 Å². The molecule has 0 amide bonds. The van der Waals surface area contributed by atoms with Crippen molar-refractivity contribution in [1.29, 1.82) is 0 Å². The van der Waals surface area contributed by atoms with E-state index in [4.69, 9.17) is 26.8 Å². The minimum Gasteiger partial charge on any atom is -0.385 e. The Balaban J connectivity index is 1.96. The third kappa shape index (κ3) is 4.48. The number of rotatable bonds is 7. The molecule has 0 saturated heterocycles. The lowest BCUT2D eigenvalue weighted by Crippen LogP contribution is -2.45. The largest absolute Gasteiger partial charge is 0.385 e. The van der Waals surface area contributed by atoms with Crippen LogP contribution in [0.2, 0.25) is 5.02 Å². The van der Waals surface area contributed by atoms with Gasteiger partial charge in [-0.1, -0.05) is 17.7 Å². The van der Waals surface area contributed by atoms with Gasteiger partial charge < -0.3 is 15.2 Å². The average molecular weight is 442 g/mol. The van der Waals surface area contributed by atoms with Gasteiger partial charge in [0.05, 0.1) is 18.2 Å². The molecule has 1 aliphatic heterocycles. The Labute approximate surface area is 175 Å². The molecule has 2 N–H and O–H groups in total. The SMILES string of the molecule is COCc1cc(Cl)cnc1C(=O)Cc1ccc(F)c([C@]2(C(F)F)COCC(N)=N2)c1. The van der Waals surface area contributed by atoms with E-state index < -0.39 is 30.2 Å². The molecule has 0 fully saturated rings. The Bertz CT molecular complexity index is 987. The summed E-state index contributed by atoms with van der Waals surface area (Å²) in [5.74, 6) is -1.44. The van der Waals surface area contributed by atoms with Gasteiger partial charge in [-0.25, -0.2) is 13.2 Å². The second-order valence-corrected chi connectivity index (χ2v) is 7.27. The monoisotopic (exact) mass is 441 g/mol. The van der Waals surface area contributed by atoms with Crippen LogP contribution >= 0.6 is 11.6 Å². The molecule has 6 nitrogen and oxygen atoms in total. The maximum absolute atomic E-state index is 14.5. The zero-order valence-corrected chi connectivity index (χ0v) is 16.8. The average Bonchev–Trinajstić information content (AvgIpc) is 2.69. The molecule has 0 spiro atoms. The van der Waals surface area contributed by atoms with Gasteiger partial charge in [-0.3, -0.25) is 14.8 Å². The summed E-state index contributed by atoms with van der Waals surface area (Å²) in [7, 11) is 1.46. The van der Waals surface area contributed by atoms with Gasteiger partial charge in [-0.15, -0.1) is 0 Å². The van der Waals surface area contributed by atoms with E-state index in [2.05, 4.69) is 9.98 Å². The van der Waals surface area contributed by atoms with Crippen molar-refractivity contribution in [2.24, 2.45) is 10.7 Å². The molecule has 0 saturated carbocycles. The lowest BCUT2D eigenvalue weighted by atomic mass is 9.88. The van der Waals surface area contributed by atoms with Crippen molar-refractivity contribution >= 4 is 23.2 Å². The van der Waals surface area contributed by atoms with E-state index in [9.17, 15) is 18.0 Å². The molecule has 10 heteroatoms. The number of nitrogens with zero attached hydrogens (tertiary/aromatic N) is 2. The van der Waals surface area contributed by atoms with E-state index >= 15 is 0 Å². The normalized spacial score (nSPS) is 19.1. The predicted molar refractivity (Wildman–Crippen MR) is 105 cm³/mol. The molecule has 1 aliphatic rings. The second-order valence-electron chi connectivity index (χ2n) is 6.83. The lowest BCUT2D eigenvalue weighted by molar-refractivity contribution is -0.0146. The zero-order chi connectivity index (χ0) is 21.9. The molecular weight excluding hydrogens is 423 g/mol. The number of pyridine rings is 1. The van der Waals surface area contributed by atoms with Crippen molar-refractivity contribution in [3.8, 4) is 0 Å². The number of carbonyl (C=O) groups excluding carboxylic acids is 1. The smallest absolute Gasteiger partial charge is 0.269 e. The van der Waals surface area contributed by atoms with Gasteiger partial charge in [0.15, 0.2) is 11.3 Å². The molecule has 3 rings (SSSR count). The fourth-order valence-electron chi connectivity index (χ4n) is 3.28. The summed E-state index contributed by atoms with van der Waals surface area (Å²) in [6.07, 6.45) is -1.94. The van der Waals surface area contributed by atoms with Crippen LogP contribution in [0, 0.1) is 5.82 Å². The molecule has 1 aromatic heterocycles. The highest BCUT2D eigenvalue weighted by molar-refractivity contribution is 6.30. The standard InChI is InChI=1S/C20H19ClF3N3O3/c1-29-8-12-6-13(21)7-26-18(12)16(28)5-11-2-3-15(22)14(4-11)20(19(23)24)10-30-9-17(25)27-20/h2-4,6-7,19H,5,8-10H2,1H3,(H2,25,27)/t20-/m0/s1. The summed E-state index contributed by atoms with van der Waals surface area (Å²) >= 11 is 5.92. The van der Waals surface area contributed by atoms with E-state index in [-0.39, 0.29) is 36.7 Å². The van der Waals surface area contributed by atoms with E-state index in [1.165, 1.54) is 25.4 Å². The first kappa shape index (κ1) is 22.2. The number of carbonyl (C=O) groups is 1. The summed E-state index contributed by atoms with van der Waals surface area (Å²) in [6.45, 7) is -0.529. The van der Waals surface area contributed by atoms with Gasteiger partial charge in [-0.05, 0) is 23.8 Å². The van der Waals surface area contributed by atoms with Crippen molar-refractivity contribution < 1.29 is 27.4 Å². The summed E-state index contributed by atoms with van der Waals surface area (Å²) in [5, 5.41) is 0.342. The molecule has 0 radical (unpaired) electrons. The van der Waals surface area contributed by atoms with Gasteiger partial charge in [0.25, 0.3) is 6.43 Å². The van der Waals surface area contributed by atoms with Gasteiger partial charge >= 0.3 is 0 Å². The van der Waals surface area contributed by atoms with Crippen molar-refractivity contribution in [3.63, 3.8) is 0 Å². The van der Waals surface area contributed by atoms with Gasteiger partial charge in [0, 0.05) is 30.9 Å². The molecule has 1 aromatic carbocycles. The number of methoxy groups -OCH3 is 1. The Kier molecular flexibility index (Phi) is 6.74. The third-order valence-corrected chi connectivity index (χ3v) is 4.84. The summed E-state index contributed by atoms with van der Waals surface area (Å²) in [5.41, 5.74) is 3.86. The van der Waals surface area contributed by atoms with Crippen LogP contribution < -0.4 is 5.73 Å². The number of hydrogen-bond acceptors (Lipinski definition) is 6. The highest BCUT2D eigenvalue weighted by atomic mass is 35.5. The van der Waals surface area contributed by atoms with Crippen LogP contribution in [-0.2, 0) is 28.0 Å². The molecule has 2 aromatic rings. The molecule has 0 aliphatic carbocycles. The molecule has 30 heavy (non-hydrogen) atoms. The minimum absolute atomic E-state index is 0.112. The number of nitrogens with two attached hydrogens (primary N) is 1. The van der Waals surface area contributed by atoms with Gasteiger partial charge in [0.2, 0.25) is 0 Å². The van der Waals surface area contributed by atoms with Crippen LogP contribution in [0.25, 0.3) is 0 Å². The number of benzene rings is 1. The Morgan fingerprint density at radius 1 is 1.40 bits per heavy atom. The topological polar surface area (TPSA) is 86.8 Å². The first-order valence-electron chi connectivity index (χ1n) is 8.92. The maximum Gasteiger partial charge on any atom is 0.269 e. The second kappa shape index (κ2) is 9.11. The highest BCUT2D eigenvalue weighted by Gasteiger charge is 2.46. The number of amidine groups is 1. The quantitative estimate of drug-likeness (QED) is 0.666. The van der Waals surface area contributed by atoms with Crippen molar-refractivity contribution in [1.82, 2.24) is 4.98 Å². The minimum atomic E-state index is -3.07. The molecule has 2 heterocycles. The Morgan fingerprint density at radius 3 is 2.83 bits per heavy atom. The number of aromatic nitrogens is 1. The number of ether oxygens (including phenoxy) is 2. The number of Topliss-reactive ketones (excluding diaryl/α,β-unsaturated/α-hetero) is 1. The first-order valence-corrected chi connectivity index (χ1v) is 9.30. The lowest BCUT2D eigenvalue weighted by Gasteiger charge is -2.33. The van der Waals surface area contributed by atoms with Crippen LogP contribution in [0.4, 0.5) is 13.2 Å². The van der Waals surface area contributed by atoms with E-state index in [1.54, 1.807) is 6.07 Å². The van der Waals surface area contributed by atoms with Crippen molar-refractivity contribution in [2.45, 2.75) is 25.0 Å². The number of ketones is 1. The highest BCUT2D eigenvalue weighted by Crippen LogP contribution is 2.37. The summed E-state index contributed by atoms with van der Waals surface area (Å²) in [4.78, 5) is 20.7. The predicted octanol–water partition coefficient (Wildman–Crippen LogP) is 3.29. The number of halogens is 4. The fraction of sp³-hybridized carbons (Fsp3) is 0.350. The van der Waals surface area contributed by atoms with Crippen LogP contribution in [0.5, 0.6) is 0 Å². The van der Waals surface area contributed by atoms with Crippen LogP contribution in [0.3, 0.4) is 0 Å². The van der Waals surface area contributed by atoms with Crippen LogP contribution in [0.1, 0.15) is 27.2 Å². The maximum atomic E-state index is 14.5. The molecule has 160 valence electrons. The molecule has 0 bridgehead atoms. The van der Waals surface area contributed by atoms with Gasteiger partial charge in [0.1, 0.15) is 24.0 Å². The zero-order valence-electron chi connectivity index (χ0n) is 16.0. The van der Waals surface area contributed by atoms with Gasteiger partial charge in [-0.2, -0.15) is 0 Å². The number of aliphatic imine (C=N–C) groups is 1. The Hall–Kier alpha value is -2.49. The summed E-state index contributed by atoms with van der Waals surface area (Å²) in [6, 6.07) is 5.12. The molecular formula is C20H19ClF3N3O3. The van der Waals surface area contributed by atoms with Crippen molar-refractivity contribution in [2.75, 3.05) is 20.3 Å². The number of hydrogen-bond donors (Lipinski definition) is 1. The number of alkyl halides is 2. The fourth-order valence-corrected chi connectivity index (χ4v) is 3.46. The van der Waals surface area contributed by atoms with Crippen LogP contribution in [0.15, 0.2) is 35.5 Å². The van der Waals surface area contributed by atoms with E-state index in [0.717, 1.165) is 6.07 Å². The molecule has 0 unspecified atom stereocenters. The first-order chi connectivity index (χ1) is 14.3. The third-order valence-electron chi connectivity index (χ3n) is 4.64. The van der Waals surface area contributed by atoms with E-state index in [0.29, 0.717) is 16.1 Å². The molecule has 1 atom stereocenters. The van der Waals surface area contributed by atoms with Crippen LogP contribution in [-0.4, -0.2) is 43.4 Å².